The molecule has 1 aromatic carbocycles. The second kappa shape index (κ2) is 4.84. The first-order valence-corrected chi connectivity index (χ1v) is 4.90. The number of hydrogen-bond acceptors (Lipinski definition) is 2. The van der Waals surface area contributed by atoms with Crippen LogP contribution < -0.4 is 11.1 Å². The molecule has 0 bridgehead atoms. The van der Waals surface area contributed by atoms with E-state index >= 15 is 0 Å². The van der Waals surface area contributed by atoms with Crippen molar-refractivity contribution < 1.29 is 4.79 Å². The van der Waals surface area contributed by atoms with Gasteiger partial charge in [-0.15, -0.1) is 6.58 Å². The zero-order valence-corrected chi connectivity index (χ0v) is 9.21. The highest BCUT2D eigenvalue weighted by atomic mass is 35.5. The van der Waals surface area contributed by atoms with Crippen molar-refractivity contribution in [2.75, 3.05) is 5.73 Å². The van der Waals surface area contributed by atoms with Gasteiger partial charge in [-0.25, -0.2) is 0 Å². The topological polar surface area (TPSA) is 55.1 Å². The van der Waals surface area contributed by atoms with Gasteiger partial charge in [-0.2, -0.15) is 0 Å². The van der Waals surface area contributed by atoms with E-state index in [-0.39, 0.29) is 11.9 Å². The summed E-state index contributed by atoms with van der Waals surface area (Å²) < 4.78 is 0. The van der Waals surface area contributed by atoms with Gasteiger partial charge in [-0.3, -0.25) is 4.79 Å². The summed E-state index contributed by atoms with van der Waals surface area (Å²) >= 11 is 5.78. The summed E-state index contributed by atoms with van der Waals surface area (Å²) in [7, 11) is 0. The number of carbonyl (C=O) groups excluding carboxylic acids is 1. The molecule has 0 heterocycles. The van der Waals surface area contributed by atoms with E-state index in [1.165, 1.54) is 0 Å². The average Bonchev–Trinajstić information content (AvgIpc) is 2.16. The smallest absolute Gasteiger partial charge is 0.251 e. The molecule has 15 heavy (non-hydrogen) atoms. The molecule has 1 amide bonds. The second-order valence-electron chi connectivity index (χ2n) is 3.27. The van der Waals surface area contributed by atoms with Crippen molar-refractivity contribution in [1.82, 2.24) is 5.32 Å². The Morgan fingerprint density at radius 1 is 1.60 bits per heavy atom. The zero-order valence-electron chi connectivity index (χ0n) is 8.46. The molecule has 0 aliphatic carbocycles. The van der Waals surface area contributed by atoms with Crippen molar-refractivity contribution >= 4 is 23.2 Å². The Hall–Kier alpha value is -1.48. The molecule has 80 valence electrons. The first kappa shape index (κ1) is 11.6. The van der Waals surface area contributed by atoms with Crippen molar-refractivity contribution in [2.24, 2.45) is 0 Å². The van der Waals surface area contributed by atoms with Gasteiger partial charge in [-0.05, 0) is 25.1 Å². The van der Waals surface area contributed by atoms with Crippen molar-refractivity contribution in [1.29, 1.82) is 0 Å². The molecule has 4 heteroatoms. The molecule has 0 aromatic heterocycles. The molecular formula is C11H13ClN2O. The van der Waals surface area contributed by atoms with E-state index in [0.29, 0.717) is 16.3 Å². The number of nitrogen functional groups attached to an aromatic ring is 1. The monoisotopic (exact) mass is 224 g/mol. The molecule has 0 radical (unpaired) electrons. The van der Waals surface area contributed by atoms with E-state index in [1.807, 2.05) is 6.92 Å². The molecule has 0 aliphatic rings. The Labute approximate surface area is 93.9 Å². The van der Waals surface area contributed by atoms with Gasteiger partial charge in [0.2, 0.25) is 0 Å². The third kappa shape index (κ3) is 3.29. The highest BCUT2D eigenvalue weighted by molar-refractivity contribution is 6.31. The molecule has 0 fully saturated rings. The van der Waals surface area contributed by atoms with E-state index in [4.69, 9.17) is 17.3 Å². The molecule has 3 nitrogen and oxygen atoms in total. The first-order valence-electron chi connectivity index (χ1n) is 4.52. The Morgan fingerprint density at radius 3 is 2.80 bits per heavy atom. The zero-order chi connectivity index (χ0) is 11.4. The number of hydrogen-bond donors (Lipinski definition) is 2. The maximum Gasteiger partial charge on any atom is 0.251 e. The van der Waals surface area contributed by atoms with Gasteiger partial charge in [0.15, 0.2) is 0 Å². The SMILES string of the molecule is C=CC(C)NC(=O)c1cc(N)cc(Cl)c1. The Balaban J connectivity index is 2.86. The summed E-state index contributed by atoms with van der Waals surface area (Å²) in [5.74, 6) is -0.211. The number of halogens is 1. The highest BCUT2D eigenvalue weighted by Gasteiger charge is 2.08. The third-order valence-corrected chi connectivity index (χ3v) is 2.11. The number of nitrogens with two attached hydrogens (primary N) is 1. The fourth-order valence-electron chi connectivity index (χ4n) is 1.09. The van der Waals surface area contributed by atoms with Crippen molar-refractivity contribution in [3.8, 4) is 0 Å². The number of carbonyl (C=O) groups is 1. The molecule has 0 aliphatic heterocycles. The van der Waals surface area contributed by atoms with Crippen molar-refractivity contribution in [3.63, 3.8) is 0 Å². The molecule has 1 unspecified atom stereocenters. The molecule has 1 aromatic rings. The van der Waals surface area contributed by atoms with Crippen LogP contribution in [0.5, 0.6) is 0 Å². The number of anilines is 1. The van der Waals surface area contributed by atoms with Crippen LogP contribution in [0, 0.1) is 0 Å². The minimum Gasteiger partial charge on any atom is -0.399 e. The maximum atomic E-state index is 11.6. The number of nitrogens with one attached hydrogen (secondary N) is 1. The predicted octanol–water partition coefficient (Wildman–Crippen LogP) is 2.23. The number of rotatable bonds is 3. The van der Waals surface area contributed by atoms with E-state index in [9.17, 15) is 4.79 Å². The Kier molecular flexibility index (Phi) is 3.74. The highest BCUT2D eigenvalue weighted by Crippen LogP contribution is 2.16. The van der Waals surface area contributed by atoms with Gasteiger partial charge < -0.3 is 11.1 Å². The van der Waals surface area contributed by atoms with E-state index < -0.39 is 0 Å². The summed E-state index contributed by atoms with van der Waals surface area (Å²) in [5.41, 5.74) is 6.50. The van der Waals surface area contributed by atoms with Crippen LogP contribution in [0.4, 0.5) is 5.69 Å². The van der Waals surface area contributed by atoms with E-state index in [2.05, 4.69) is 11.9 Å². The van der Waals surface area contributed by atoms with E-state index in [0.717, 1.165) is 0 Å². The molecular weight excluding hydrogens is 212 g/mol. The lowest BCUT2D eigenvalue weighted by atomic mass is 10.2. The number of benzene rings is 1. The first-order chi connectivity index (χ1) is 7.02. The van der Waals surface area contributed by atoms with Gasteiger partial charge >= 0.3 is 0 Å². The van der Waals surface area contributed by atoms with Gasteiger partial charge in [0.1, 0.15) is 0 Å². The minimum atomic E-state index is -0.211. The average molecular weight is 225 g/mol. The molecule has 0 saturated carbocycles. The fraction of sp³-hybridized carbons (Fsp3) is 0.182. The maximum absolute atomic E-state index is 11.6. The van der Waals surface area contributed by atoms with Crippen LogP contribution in [-0.4, -0.2) is 11.9 Å². The van der Waals surface area contributed by atoms with E-state index in [1.54, 1.807) is 24.3 Å². The van der Waals surface area contributed by atoms with Crippen LogP contribution in [-0.2, 0) is 0 Å². The van der Waals surface area contributed by atoms with Crippen LogP contribution in [0.1, 0.15) is 17.3 Å². The molecule has 3 N–H and O–H groups in total. The Bertz CT molecular complexity index is 370. The van der Waals surface area contributed by atoms with Crippen LogP contribution >= 0.6 is 11.6 Å². The molecule has 1 rings (SSSR count). The lowest BCUT2D eigenvalue weighted by molar-refractivity contribution is 0.0947. The van der Waals surface area contributed by atoms with Crippen molar-refractivity contribution in [3.05, 3.63) is 41.4 Å². The van der Waals surface area contributed by atoms with Gasteiger partial charge in [-0.1, -0.05) is 17.7 Å². The van der Waals surface area contributed by atoms with Crippen LogP contribution in [0.3, 0.4) is 0 Å². The summed E-state index contributed by atoms with van der Waals surface area (Å²) in [6, 6.07) is 4.66. The lowest BCUT2D eigenvalue weighted by Crippen LogP contribution is -2.30. The Morgan fingerprint density at radius 2 is 2.27 bits per heavy atom. The van der Waals surface area contributed by atoms with Gasteiger partial charge in [0, 0.05) is 22.3 Å². The summed E-state index contributed by atoms with van der Waals surface area (Å²) in [4.78, 5) is 11.6. The van der Waals surface area contributed by atoms with Gasteiger partial charge in [0.05, 0.1) is 0 Å². The number of amides is 1. The predicted molar refractivity (Wildman–Crippen MR) is 63.0 cm³/mol. The van der Waals surface area contributed by atoms with Crippen LogP contribution in [0.25, 0.3) is 0 Å². The standard InChI is InChI=1S/C11H13ClN2O/c1-3-7(2)14-11(15)8-4-9(12)6-10(13)5-8/h3-7H,1,13H2,2H3,(H,14,15). The van der Waals surface area contributed by atoms with Crippen LogP contribution in [0.2, 0.25) is 5.02 Å². The summed E-state index contributed by atoms with van der Waals surface area (Å²) in [6.45, 7) is 5.41. The largest absolute Gasteiger partial charge is 0.399 e. The minimum absolute atomic E-state index is 0.0855. The van der Waals surface area contributed by atoms with Gasteiger partial charge in [0.25, 0.3) is 5.91 Å². The second-order valence-corrected chi connectivity index (χ2v) is 3.71. The molecule has 1 atom stereocenters. The summed E-state index contributed by atoms with van der Waals surface area (Å²) in [5, 5.41) is 3.18. The fourth-order valence-corrected chi connectivity index (χ4v) is 1.34. The molecule has 0 saturated heterocycles. The van der Waals surface area contributed by atoms with Crippen molar-refractivity contribution in [2.45, 2.75) is 13.0 Å². The third-order valence-electron chi connectivity index (χ3n) is 1.89. The summed E-state index contributed by atoms with van der Waals surface area (Å²) in [6.07, 6.45) is 1.64. The quantitative estimate of drug-likeness (QED) is 0.611. The normalized spacial score (nSPS) is 11.9. The lowest BCUT2D eigenvalue weighted by Gasteiger charge is -2.09. The van der Waals surface area contributed by atoms with Crippen LogP contribution in [0.15, 0.2) is 30.9 Å². The molecule has 0 spiro atoms.